The number of carbonyl (C=O) groups excluding carboxylic acids is 1. The molecule has 3 nitrogen and oxygen atoms in total. The first-order valence-corrected chi connectivity index (χ1v) is 7.59. The van der Waals surface area contributed by atoms with Crippen LogP contribution in [0.15, 0.2) is 22.7 Å². The first-order chi connectivity index (χ1) is 9.02. The second-order valence-corrected chi connectivity index (χ2v) is 6.34. The van der Waals surface area contributed by atoms with E-state index in [2.05, 4.69) is 22.9 Å². The number of nitrogens with two attached hydrogens (primary N) is 1. The molecule has 0 bridgehead atoms. The summed E-state index contributed by atoms with van der Waals surface area (Å²) in [6.07, 6.45) is 2.08. The van der Waals surface area contributed by atoms with E-state index in [1.54, 1.807) is 0 Å². The number of amides is 1. The molecule has 0 spiro atoms. The zero-order chi connectivity index (χ0) is 14.0. The first kappa shape index (κ1) is 17.5. The molecule has 2 unspecified atom stereocenters. The van der Waals surface area contributed by atoms with Crippen LogP contribution in [0.2, 0.25) is 0 Å². The summed E-state index contributed by atoms with van der Waals surface area (Å²) < 4.78 is 1.03. The van der Waals surface area contributed by atoms with E-state index in [9.17, 15) is 4.79 Å². The van der Waals surface area contributed by atoms with Crippen LogP contribution in [-0.2, 0) is 0 Å². The second-order valence-electron chi connectivity index (χ2n) is 5.48. The molecule has 1 aliphatic rings. The van der Waals surface area contributed by atoms with Crippen LogP contribution in [0.1, 0.15) is 35.7 Å². The molecular weight excluding hydrogens is 340 g/mol. The summed E-state index contributed by atoms with van der Waals surface area (Å²) in [5.74, 6) is 0.766. The Balaban J connectivity index is 0.00000200. The Morgan fingerprint density at radius 1 is 1.50 bits per heavy atom. The summed E-state index contributed by atoms with van der Waals surface area (Å²) in [6, 6.07) is 5.94. The van der Waals surface area contributed by atoms with Crippen LogP contribution in [0.5, 0.6) is 0 Å². The van der Waals surface area contributed by atoms with Crippen molar-refractivity contribution in [1.82, 2.24) is 4.90 Å². The number of nitrogens with zero attached hydrogens (tertiary/aromatic N) is 1. The SMILES string of the molecule is Cc1cc(C(=O)N2CCC(C)CC2CN)ccc1Br.Cl. The number of hydrogen-bond donors (Lipinski definition) is 1. The van der Waals surface area contributed by atoms with E-state index in [-0.39, 0.29) is 24.4 Å². The highest BCUT2D eigenvalue weighted by atomic mass is 79.9. The van der Waals surface area contributed by atoms with E-state index in [0.29, 0.717) is 12.5 Å². The van der Waals surface area contributed by atoms with E-state index in [1.165, 1.54) is 0 Å². The summed E-state index contributed by atoms with van der Waals surface area (Å²) in [7, 11) is 0. The molecule has 0 aromatic heterocycles. The van der Waals surface area contributed by atoms with Gasteiger partial charge < -0.3 is 10.6 Å². The smallest absolute Gasteiger partial charge is 0.254 e. The molecule has 1 aromatic carbocycles. The van der Waals surface area contributed by atoms with Gasteiger partial charge in [-0.1, -0.05) is 22.9 Å². The minimum atomic E-state index is 0. The topological polar surface area (TPSA) is 46.3 Å². The van der Waals surface area contributed by atoms with E-state index in [0.717, 1.165) is 35.0 Å². The van der Waals surface area contributed by atoms with Crippen LogP contribution in [0.25, 0.3) is 0 Å². The molecule has 0 saturated carbocycles. The fourth-order valence-electron chi connectivity index (χ4n) is 2.69. The standard InChI is InChI=1S/C15H21BrN2O.ClH/c1-10-5-6-18(13(7-10)9-17)15(19)12-3-4-14(16)11(2)8-12;/h3-4,8,10,13H,5-7,9,17H2,1-2H3;1H. The predicted octanol–water partition coefficient (Wildman–Crippen LogP) is 3.38. The Hall–Kier alpha value is -0.580. The van der Waals surface area contributed by atoms with E-state index < -0.39 is 0 Å². The first-order valence-electron chi connectivity index (χ1n) is 6.80. The Bertz CT molecular complexity index is 481. The van der Waals surface area contributed by atoms with Gasteiger partial charge in [-0.2, -0.15) is 0 Å². The van der Waals surface area contributed by atoms with Crippen molar-refractivity contribution in [1.29, 1.82) is 0 Å². The largest absolute Gasteiger partial charge is 0.334 e. The summed E-state index contributed by atoms with van der Waals surface area (Å²) >= 11 is 3.46. The fraction of sp³-hybridized carbons (Fsp3) is 0.533. The lowest BCUT2D eigenvalue weighted by Crippen LogP contribution is -2.49. The predicted molar refractivity (Wildman–Crippen MR) is 88.4 cm³/mol. The molecule has 20 heavy (non-hydrogen) atoms. The molecule has 1 amide bonds. The third-order valence-corrected chi connectivity index (χ3v) is 4.81. The average Bonchev–Trinajstić information content (AvgIpc) is 2.41. The van der Waals surface area contributed by atoms with E-state index >= 15 is 0 Å². The van der Waals surface area contributed by atoms with Gasteiger partial charge in [-0.25, -0.2) is 0 Å². The van der Waals surface area contributed by atoms with Gasteiger partial charge >= 0.3 is 0 Å². The van der Waals surface area contributed by atoms with Gasteiger partial charge in [0, 0.05) is 29.2 Å². The Labute approximate surface area is 135 Å². The molecular formula is C15H22BrClN2O. The van der Waals surface area contributed by atoms with Crippen LogP contribution < -0.4 is 5.73 Å². The van der Waals surface area contributed by atoms with Crippen LogP contribution in [0.4, 0.5) is 0 Å². The van der Waals surface area contributed by atoms with Crippen molar-refractivity contribution in [3.63, 3.8) is 0 Å². The van der Waals surface area contributed by atoms with Crippen molar-refractivity contribution in [3.05, 3.63) is 33.8 Å². The molecule has 0 radical (unpaired) electrons. The molecule has 1 heterocycles. The number of aryl methyl sites for hydroxylation is 1. The van der Waals surface area contributed by atoms with Crippen molar-refractivity contribution in [2.24, 2.45) is 11.7 Å². The maximum atomic E-state index is 12.6. The van der Waals surface area contributed by atoms with Crippen molar-refractivity contribution in [3.8, 4) is 0 Å². The number of benzene rings is 1. The van der Waals surface area contributed by atoms with Gasteiger partial charge in [-0.3, -0.25) is 4.79 Å². The number of rotatable bonds is 2. The van der Waals surface area contributed by atoms with Gasteiger partial charge in [0.05, 0.1) is 0 Å². The lowest BCUT2D eigenvalue weighted by atomic mass is 9.92. The highest BCUT2D eigenvalue weighted by molar-refractivity contribution is 9.10. The molecule has 2 N–H and O–H groups in total. The summed E-state index contributed by atoms with van der Waals surface area (Å²) in [6.45, 7) is 5.59. The number of likely N-dealkylation sites (tertiary alicyclic amines) is 1. The average molecular weight is 362 g/mol. The molecule has 1 fully saturated rings. The highest BCUT2D eigenvalue weighted by Gasteiger charge is 2.29. The number of hydrogen-bond acceptors (Lipinski definition) is 2. The Morgan fingerprint density at radius 2 is 2.20 bits per heavy atom. The molecule has 2 rings (SSSR count). The summed E-state index contributed by atoms with van der Waals surface area (Å²) in [4.78, 5) is 14.5. The molecule has 5 heteroatoms. The third kappa shape index (κ3) is 3.74. The van der Waals surface area contributed by atoms with Gasteiger partial charge in [0.2, 0.25) is 0 Å². The number of carbonyl (C=O) groups is 1. The van der Waals surface area contributed by atoms with Gasteiger partial charge in [0.15, 0.2) is 0 Å². The van der Waals surface area contributed by atoms with Crippen LogP contribution in [0.3, 0.4) is 0 Å². The maximum absolute atomic E-state index is 12.6. The van der Waals surface area contributed by atoms with Gasteiger partial charge in [0.25, 0.3) is 5.91 Å². The fourth-order valence-corrected chi connectivity index (χ4v) is 2.93. The van der Waals surface area contributed by atoms with Crippen LogP contribution in [0, 0.1) is 12.8 Å². The number of halogens is 2. The minimum Gasteiger partial charge on any atom is -0.334 e. The summed E-state index contributed by atoms with van der Waals surface area (Å²) in [5, 5.41) is 0. The van der Waals surface area contributed by atoms with Crippen molar-refractivity contribution >= 4 is 34.2 Å². The lowest BCUT2D eigenvalue weighted by Gasteiger charge is -2.38. The molecule has 1 aliphatic heterocycles. The molecule has 112 valence electrons. The van der Waals surface area contributed by atoms with E-state index in [4.69, 9.17) is 5.73 Å². The second kappa shape index (κ2) is 7.43. The van der Waals surface area contributed by atoms with Crippen molar-refractivity contribution in [2.45, 2.75) is 32.7 Å². The molecule has 1 aromatic rings. The molecule has 1 saturated heterocycles. The van der Waals surface area contributed by atoms with Gasteiger partial charge in [-0.15, -0.1) is 12.4 Å². The van der Waals surface area contributed by atoms with Gasteiger partial charge in [-0.05, 0) is 49.4 Å². The minimum absolute atomic E-state index is 0. The van der Waals surface area contributed by atoms with E-state index in [1.807, 2.05) is 30.0 Å². The normalized spacial score (nSPS) is 22.3. The van der Waals surface area contributed by atoms with Crippen LogP contribution in [-0.4, -0.2) is 29.9 Å². The molecule has 2 atom stereocenters. The lowest BCUT2D eigenvalue weighted by molar-refractivity contribution is 0.0573. The zero-order valence-electron chi connectivity index (χ0n) is 11.9. The third-order valence-electron chi connectivity index (χ3n) is 3.92. The highest BCUT2D eigenvalue weighted by Crippen LogP contribution is 2.25. The van der Waals surface area contributed by atoms with Gasteiger partial charge in [0.1, 0.15) is 0 Å². The summed E-state index contributed by atoms with van der Waals surface area (Å²) in [5.41, 5.74) is 7.67. The quantitative estimate of drug-likeness (QED) is 0.878. The van der Waals surface area contributed by atoms with Crippen molar-refractivity contribution < 1.29 is 4.79 Å². The van der Waals surface area contributed by atoms with Crippen molar-refractivity contribution in [2.75, 3.05) is 13.1 Å². The molecule has 0 aliphatic carbocycles. The van der Waals surface area contributed by atoms with Crippen LogP contribution >= 0.6 is 28.3 Å². The maximum Gasteiger partial charge on any atom is 0.254 e. The number of piperidine rings is 1. The Morgan fingerprint density at radius 3 is 2.80 bits per heavy atom. The zero-order valence-corrected chi connectivity index (χ0v) is 14.3. The monoisotopic (exact) mass is 360 g/mol. The Kier molecular flexibility index (Phi) is 6.49.